The van der Waals surface area contributed by atoms with Gasteiger partial charge in [-0.25, -0.2) is 5.43 Å². The molecule has 0 spiro atoms. The van der Waals surface area contributed by atoms with Crippen LogP contribution in [0.3, 0.4) is 0 Å². The van der Waals surface area contributed by atoms with Crippen molar-refractivity contribution in [2.75, 3.05) is 20.3 Å². The third-order valence-electron chi connectivity index (χ3n) is 4.03. The number of hydrogen-bond donors (Lipinski definition) is 3. The lowest BCUT2D eigenvalue weighted by atomic mass is 9.96. The first-order chi connectivity index (χ1) is 12.0. The molecule has 0 aromatic carbocycles. The maximum Gasteiger partial charge on any atom is 0.329 e. The van der Waals surface area contributed by atoms with Gasteiger partial charge in [-0.3, -0.25) is 14.4 Å². The van der Waals surface area contributed by atoms with Gasteiger partial charge in [0.1, 0.15) is 0 Å². The van der Waals surface area contributed by atoms with Gasteiger partial charge in [0.05, 0.1) is 13.0 Å². The number of hydrogen-bond acceptors (Lipinski definition) is 5. The first-order valence-corrected chi connectivity index (χ1v) is 8.92. The molecule has 1 aliphatic rings. The highest BCUT2D eigenvalue weighted by Crippen LogP contribution is 2.17. The molecule has 8 nitrogen and oxygen atoms in total. The lowest BCUT2D eigenvalue weighted by molar-refractivity contribution is -0.139. The summed E-state index contributed by atoms with van der Waals surface area (Å²) in [4.78, 5) is 35.1. The summed E-state index contributed by atoms with van der Waals surface area (Å²) < 4.78 is 4.77. The highest BCUT2D eigenvalue weighted by atomic mass is 16.5. The Hall–Kier alpha value is -1.96. The van der Waals surface area contributed by atoms with E-state index in [0.29, 0.717) is 12.3 Å². The lowest BCUT2D eigenvalue weighted by Gasteiger charge is -2.21. The maximum absolute atomic E-state index is 12.1. The van der Waals surface area contributed by atoms with Gasteiger partial charge in [-0.05, 0) is 19.8 Å². The van der Waals surface area contributed by atoms with E-state index in [9.17, 15) is 14.4 Å². The van der Waals surface area contributed by atoms with E-state index in [1.807, 2.05) is 0 Å². The van der Waals surface area contributed by atoms with E-state index in [-0.39, 0.29) is 24.9 Å². The molecule has 0 unspecified atom stereocenters. The predicted octanol–water partition coefficient (Wildman–Crippen LogP) is 0.860. The Morgan fingerprint density at radius 1 is 1.04 bits per heavy atom. The third kappa shape index (κ3) is 9.81. The van der Waals surface area contributed by atoms with Crippen LogP contribution in [-0.2, 0) is 19.1 Å². The Morgan fingerprint density at radius 2 is 1.68 bits per heavy atom. The highest BCUT2D eigenvalue weighted by Gasteiger charge is 2.15. The van der Waals surface area contributed by atoms with Crippen molar-refractivity contribution < 1.29 is 19.1 Å². The van der Waals surface area contributed by atoms with Gasteiger partial charge < -0.3 is 15.4 Å². The maximum atomic E-state index is 12.1. The molecule has 1 rings (SSSR count). The topological polar surface area (TPSA) is 109 Å². The van der Waals surface area contributed by atoms with Gasteiger partial charge in [-0.15, -0.1) is 0 Å². The molecule has 0 aliphatic heterocycles. The predicted molar refractivity (Wildman–Crippen MR) is 95.0 cm³/mol. The number of rotatable bonds is 7. The van der Waals surface area contributed by atoms with Crippen LogP contribution in [0.1, 0.15) is 58.3 Å². The standard InChI is InChI=1S/C17H30N4O4/c1-13(20-21-17(24)16(23)18-10-11-25-2)12-15(22)19-14-8-6-4-3-5-7-9-14/h14H,3-12H2,1-2H3,(H,18,23)(H,19,22)(H,21,24). The zero-order chi connectivity index (χ0) is 18.5. The van der Waals surface area contributed by atoms with E-state index < -0.39 is 11.8 Å². The molecule has 0 atom stereocenters. The van der Waals surface area contributed by atoms with Crippen molar-refractivity contribution in [2.45, 2.75) is 64.3 Å². The lowest BCUT2D eigenvalue weighted by Crippen LogP contribution is -2.40. The van der Waals surface area contributed by atoms with Crippen molar-refractivity contribution in [3.05, 3.63) is 0 Å². The first-order valence-electron chi connectivity index (χ1n) is 8.92. The number of carbonyl (C=O) groups excluding carboxylic acids is 3. The molecule has 0 radical (unpaired) electrons. The van der Waals surface area contributed by atoms with Crippen LogP contribution < -0.4 is 16.1 Å². The zero-order valence-corrected chi connectivity index (χ0v) is 15.2. The smallest absolute Gasteiger partial charge is 0.329 e. The Kier molecular flexibility index (Phi) is 10.5. The van der Waals surface area contributed by atoms with Crippen LogP contribution in [0.2, 0.25) is 0 Å². The van der Waals surface area contributed by atoms with E-state index in [4.69, 9.17) is 4.74 Å². The SMILES string of the molecule is COCCNC(=O)C(=O)NN=C(C)CC(=O)NC1CCCCCCC1. The fraction of sp³-hybridized carbons (Fsp3) is 0.765. The van der Waals surface area contributed by atoms with Gasteiger partial charge >= 0.3 is 11.8 Å². The van der Waals surface area contributed by atoms with Gasteiger partial charge in [0.2, 0.25) is 5.91 Å². The summed E-state index contributed by atoms with van der Waals surface area (Å²) in [7, 11) is 1.50. The van der Waals surface area contributed by atoms with Crippen LogP contribution in [0.5, 0.6) is 0 Å². The van der Waals surface area contributed by atoms with Crippen LogP contribution in [-0.4, -0.2) is 49.7 Å². The highest BCUT2D eigenvalue weighted by molar-refractivity contribution is 6.35. The van der Waals surface area contributed by atoms with Crippen molar-refractivity contribution in [3.8, 4) is 0 Å². The van der Waals surface area contributed by atoms with Gasteiger partial charge in [0.25, 0.3) is 0 Å². The van der Waals surface area contributed by atoms with E-state index in [1.54, 1.807) is 6.92 Å². The minimum absolute atomic E-state index is 0.0993. The molecule has 0 saturated heterocycles. The largest absolute Gasteiger partial charge is 0.383 e. The zero-order valence-electron chi connectivity index (χ0n) is 15.2. The molecule has 3 N–H and O–H groups in total. The second-order valence-corrected chi connectivity index (χ2v) is 6.32. The summed E-state index contributed by atoms with van der Waals surface area (Å²) in [5.41, 5.74) is 2.60. The summed E-state index contributed by atoms with van der Waals surface area (Å²) in [5, 5.41) is 9.23. The molecule has 3 amide bonds. The normalized spacial score (nSPS) is 16.5. The summed E-state index contributed by atoms with van der Waals surface area (Å²) in [5.74, 6) is -1.76. The van der Waals surface area contributed by atoms with Crippen molar-refractivity contribution in [3.63, 3.8) is 0 Å². The Morgan fingerprint density at radius 3 is 2.32 bits per heavy atom. The fourth-order valence-corrected chi connectivity index (χ4v) is 2.69. The summed E-state index contributed by atoms with van der Waals surface area (Å²) >= 11 is 0. The molecular weight excluding hydrogens is 324 g/mol. The van der Waals surface area contributed by atoms with Crippen molar-refractivity contribution in [1.29, 1.82) is 0 Å². The molecule has 25 heavy (non-hydrogen) atoms. The molecule has 0 bridgehead atoms. The van der Waals surface area contributed by atoms with Crippen LogP contribution >= 0.6 is 0 Å². The number of amides is 3. The van der Waals surface area contributed by atoms with E-state index in [0.717, 1.165) is 25.7 Å². The van der Waals surface area contributed by atoms with Crippen LogP contribution in [0.15, 0.2) is 5.10 Å². The molecule has 8 heteroatoms. The van der Waals surface area contributed by atoms with Gasteiger partial charge in [-0.1, -0.05) is 32.1 Å². The van der Waals surface area contributed by atoms with E-state index in [2.05, 4.69) is 21.2 Å². The van der Waals surface area contributed by atoms with Crippen molar-refractivity contribution in [1.82, 2.24) is 16.1 Å². The third-order valence-corrected chi connectivity index (χ3v) is 4.03. The molecule has 0 heterocycles. The molecular formula is C17H30N4O4. The minimum atomic E-state index is -0.865. The molecule has 0 aromatic rings. The number of methoxy groups -OCH3 is 1. The molecule has 1 saturated carbocycles. The van der Waals surface area contributed by atoms with Crippen molar-refractivity contribution >= 4 is 23.4 Å². The average Bonchev–Trinajstić information content (AvgIpc) is 2.55. The first kappa shape index (κ1) is 21.1. The van der Waals surface area contributed by atoms with Gasteiger partial charge in [-0.2, -0.15) is 5.10 Å². The Bertz CT molecular complexity index is 471. The molecule has 142 valence electrons. The Labute approximate surface area is 149 Å². The second-order valence-electron chi connectivity index (χ2n) is 6.32. The van der Waals surface area contributed by atoms with Crippen LogP contribution in [0, 0.1) is 0 Å². The number of ether oxygens (including phenoxy) is 1. The summed E-state index contributed by atoms with van der Waals surface area (Å²) in [6.07, 6.45) is 8.16. The average molecular weight is 354 g/mol. The quantitative estimate of drug-likeness (QED) is 0.273. The summed E-state index contributed by atoms with van der Waals surface area (Å²) in [6, 6.07) is 0.224. The number of nitrogens with zero attached hydrogens (tertiary/aromatic N) is 1. The number of carbonyl (C=O) groups is 3. The van der Waals surface area contributed by atoms with Crippen molar-refractivity contribution in [2.24, 2.45) is 5.10 Å². The van der Waals surface area contributed by atoms with E-state index in [1.165, 1.54) is 26.4 Å². The van der Waals surface area contributed by atoms with Gasteiger partial charge in [0.15, 0.2) is 0 Å². The molecule has 1 aliphatic carbocycles. The van der Waals surface area contributed by atoms with Crippen LogP contribution in [0.25, 0.3) is 0 Å². The van der Waals surface area contributed by atoms with Gasteiger partial charge in [0, 0.05) is 25.4 Å². The number of nitrogens with one attached hydrogen (secondary N) is 3. The second kappa shape index (κ2) is 12.4. The molecule has 1 fully saturated rings. The fourth-order valence-electron chi connectivity index (χ4n) is 2.69. The monoisotopic (exact) mass is 354 g/mol. The van der Waals surface area contributed by atoms with E-state index >= 15 is 0 Å². The Balaban J connectivity index is 2.31. The minimum Gasteiger partial charge on any atom is -0.383 e. The summed E-state index contributed by atoms with van der Waals surface area (Å²) in [6.45, 7) is 2.21. The molecule has 0 aromatic heterocycles. The van der Waals surface area contributed by atoms with Crippen LogP contribution in [0.4, 0.5) is 0 Å². The number of hydrazone groups is 1.